The second-order valence-electron chi connectivity index (χ2n) is 3.50. The number of hydrogen-bond donors (Lipinski definition) is 0. The molecule has 2 rings (SSSR count). The molecular formula is C12H9FN2O3. The standard InChI is InChI=1S/C12H9FN2O3/c13-10-5-3-9(4-6-10)8-18-11-2-1-7-14-12(11)15(16)17/h1-7H,8H2. The topological polar surface area (TPSA) is 65.3 Å². The molecular weight excluding hydrogens is 239 g/mol. The molecule has 0 saturated carbocycles. The van der Waals surface area contributed by atoms with Gasteiger partial charge in [-0.25, -0.2) is 4.39 Å². The number of nitro groups is 1. The number of nitrogens with zero attached hydrogens (tertiary/aromatic N) is 2. The number of aromatic nitrogens is 1. The Morgan fingerprint density at radius 2 is 2.00 bits per heavy atom. The van der Waals surface area contributed by atoms with Gasteiger partial charge in [-0.2, -0.15) is 0 Å². The summed E-state index contributed by atoms with van der Waals surface area (Å²) in [6, 6.07) is 8.73. The summed E-state index contributed by atoms with van der Waals surface area (Å²) in [5.41, 5.74) is 0.717. The monoisotopic (exact) mass is 248 g/mol. The largest absolute Gasteiger partial charge is 0.481 e. The summed E-state index contributed by atoms with van der Waals surface area (Å²) < 4.78 is 18.0. The van der Waals surface area contributed by atoms with E-state index < -0.39 is 4.92 Å². The molecule has 0 aliphatic carbocycles. The Balaban J connectivity index is 2.10. The van der Waals surface area contributed by atoms with Crippen LogP contribution in [0.3, 0.4) is 0 Å². The van der Waals surface area contributed by atoms with E-state index in [1.807, 2.05) is 0 Å². The van der Waals surface area contributed by atoms with E-state index in [1.165, 1.54) is 24.4 Å². The Hall–Kier alpha value is -2.50. The van der Waals surface area contributed by atoms with Crippen molar-refractivity contribution in [1.29, 1.82) is 0 Å². The lowest BCUT2D eigenvalue weighted by atomic mass is 10.2. The number of pyridine rings is 1. The Morgan fingerprint density at radius 1 is 1.28 bits per heavy atom. The first-order chi connectivity index (χ1) is 8.66. The predicted molar refractivity (Wildman–Crippen MR) is 61.6 cm³/mol. The van der Waals surface area contributed by atoms with Crippen LogP contribution in [0.2, 0.25) is 0 Å². The van der Waals surface area contributed by atoms with Crippen molar-refractivity contribution in [3.63, 3.8) is 0 Å². The van der Waals surface area contributed by atoms with Crippen LogP contribution in [-0.2, 0) is 6.61 Å². The van der Waals surface area contributed by atoms with E-state index >= 15 is 0 Å². The van der Waals surface area contributed by atoms with Gasteiger partial charge >= 0.3 is 5.82 Å². The molecule has 0 radical (unpaired) electrons. The van der Waals surface area contributed by atoms with Gasteiger partial charge in [0.05, 0.1) is 0 Å². The first-order valence-electron chi connectivity index (χ1n) is 5.13. The van der Waals surface area contributed by atoms with E-state index in [0.717, 1.165) is 5.56 Å². The molecule has 0 aliphatic heterocycles. The maximum atomic E-state index is 12.7. The Labute approximate surface area is 102 Å². The molecule has 1 aromatic carbocycles. The average Bonchev–Trinajstić information content (AvgIpc) is 2.38. The summed E-state index contributed by atoms with van der Waals surface area (Å²) in [7, 11) is 0. The maximum Gasteiger partial charge on any atom is 0.406 e. The first-order valence-corrected chi connectivity index (χ1v) is 5.13. The Kier molecular flexibility index (Phi) is 3.47. The summed E-state index contributed by atoms with van der Waals surface area (Å²) >= 11 is 0. The van der Waals surface area contributed by atoms with Crippen LogP contribution < -0.4 is 4.74 Å². The number of ether oxygens (including phenoxy) is 1. The molecule has 6 heteroatoms. The van der Waals surface area contributed by atoms with Gasteiger partial charge in [0.15, 0.2) is 0 Å². The highest BCUT2D eigenvalue weighted by Gasteiger charge is 2.15. The molecule has 2 aromatic rings. The molecule has 0 atom stereocenters. The summed E-state index contributed by atoms with van der Waals surface area (Å²) in [6.07, 6.45) is 1.32. The summed E-state index contributed by atoms with van der Waals surface area (Å²) in [6.45, 7) is 0.118. The van der Waals surface area contributed by atoms with Gasteiger partial charge in [-0.05, 0) is 39.7 Å². The molecule has 92 valence electrons. The molecule has 1 aromatic heterocycles. The van der Waals surface area contributed by atoms with Crippen molar-refractivity contribution in [3.05, 3.63) is 64.1 Å². The highest BCUT2D eigenvalue weighted by atomic mass is 19.1. The fourth-order valence-corrected chi connectivity index (χ4v) is 1.37. The number of rotatable bonds is 4. The minimum atomic E-state index is -0.611. The van der Waals surface area contributed by atoms with Gasteiger partial charge in [0.25, 0.3) is 0 Å². The van der Waals surface area contributed by atoms with Crippen LogP contribution >= 0.6 is 0 Å². The van der Waals surface area contributed by atoms with Crippen molar-refractivity contribution >= 4 is 5.82 Å². The molecule has 0 saturated heterocycles. The number of hydrogen-bond acceptors (Lipinski definition) is 4. The van der Waals surface area contributed by atoms with Crippen LogP contribution in [-0.4, -0.2) is 9.91 Å². The molecule has 0 bridgehead atoms. The third-order valence-electron chi connectivity index (χ3n) is 2.23. The van der Waals surface area contributed by atoms with E-state index in [2.05, 4.69) is 4.98 Å². The van der Waals surface area contributed by atoms with Crippen molar-refractivity contribution in [2.45, 2.75) is 6.61 Å². The molecule has 5 nitrogen and oxygen atoms in total. The van der Waals surface area contributed by atoms with Gasteiger partial charge in [-0.3, -0.25) is 0 Å². The molecule has 18 heavy (non-hydrogen) atoms. The van der Waals surface area contributed by atoms with Crippen molar-refractivity contribution in [2.75, 3.05) is 0 Å². The van der Waals surface area contributed by atoms with Crippen LogP contribution in [0.25, 0.3) is 0 Å². The zero-order valence-electron chi connectivity index (χ0n) is 9.25. The summed E-state index contributed by atoms with van der Waals surface area (Å²) in [5, 5.41) is 10.7. The lowest BCUT2D eigenvalue weighted by molar-refractivity contribution is -0.390. The van der Waals surface area contributed by atoms with Crippen LogP contribution in [0, 0.1) is 15.9 Å². The predicted octanol–water partition coefficient (Wildman–Crippen LogP) is 2.71. The van der Waals surface area contributed by atoms with Gasteiger partial charge in [-0.1, -0.05) is 12.1 Å². The highest BCUT2D eigenvalue weighted by Crippen LogP contribution is 2.23. The molecule has 0 N–H and O–H groups in total. The molecule has 0 spiro atoms. The normalized spacial score (nSPS) is 10.1. The van der Waals surface area contributed by atoms with E-state index in [0.29, 0.717) is 0 Å². The lowest BCUT2D eigenvalue weighted by Gasteiger charge is -2.05. The van der Waals surface area contributed by atoms with Gasteiger partial charge < -0.3 is 14.9 Å². The van der Waals surface area contributed by atoms with Crippen molar-refractivity contribution in [1.82, 2.24) is 4.98 Å². The van der Waals surface area contributed by atoms with Crippen molar-refractivity contribution in [3.8, 4) is 5.75 Å². The van der Waals surface area contributed by atoms with E-state index in [4.69, 9.17) is 4.74 Å². The third kappa shape index (κ3) is 2.79. The fraction of sp³-hybridized carbons (Fsp3) is 0.0833. The minimum absolute atomic E-state index is 0.0897. The Morgan fingerprint density at radius 3 is 2.67 bits per heavy atom. The number of halogens is 1. The highest BCUT2D eigenvalue weighted by molar-refractivity contribution is 5.38. The van der Waals surface area contributed by atoms with Crippen molar-refractivity contribution in [2.24, 2.45) is 0 Å². The fourth-order valence-electron chi connectivity index (χ4n) is 1.37. The third-order valence-corrected chi connectivity index (χ3v) is 2.23. The van der Waals surface area contributed by atoms with E-state index in [9.17, 15) is 14.5 Å². The molecule has 0 amide bonds. The minimum Gasteiger partial charge on any atom is -0.481 e. The average molecular weight is 248 g/mol. The van der Waals surface area contributed by atoms with Crippen LogP contribution in [0.5, 0.6) is 5.75 Å². The second-order valence-corrected chi connectivity index (χ2v) is 3.50. The zero-order valence-corrected chi connectivity index (χ0v) is 9.25. The lowest BCUT2D eigenvalue weighted by Crippen LogP contribution is -2.00. The van der Waals surface area contributed by atoms with Crippen LogP contribution in [0.15, 0.2) is 42.6 Å². The maximum absolute atomic E-state index is 12.7. The molecule has 0 aliphatic rings. The van der Waals surface area contributed by atoms with E-state index in [1.54, 1.807) is 18.2 Å². The Bertz CT molecular complexity index is 558. The van der Waals surface area contributed by atoms with Crippen LogP contribution in [0.4, 0.5) is 10.2 Å². The van der Waals surface area contributed by atoms with E-state index in [-0.39, 0.29) is 24.0 Å². The zero-order chi connectivity index (χ0) is 13.0. The van der Waals surface area contributed by atoms with Gasteiger partial charge in [0, 0.05) is 0 Å². The second kappa shape index (κ2) is 5.22. The summed E-state index contributed by atoms with van der Waals surface area (Å²) in [5.74, 6) is -0.586. The van der Waals surface area contributed by atoms with Gasteiger partial charge in [0.1, 0.15) is 18.6 Å². The summed E-state index contributed by atoms with van der Waals surface area (Å²) in [4.78, 5) is 13.7. The number of benzene rings is 1. The van der Waals surface area contributed by atoms with Gasteiger partial charge in [0.2, 0.25) is 5.75 Å². The first kappa shape index (κ1) is 12.0. The molecule has 0 fully saturated rings. The molecule has 0 unspecified atom stereocenters. The van der Waals surface area contributed by atoms with Crippen LogP contribution in [0.1, 0.15) is 5.56 Å². The molecule has 1 heterocycles. The van der Waals surface area contributed by atoms with Crippen molar-refractivity contribution < 1.29 is 14.1 Å². The smallest absolute Gasteiger partial charge is 0.406 e. The SMILES string of the molecule is O=[N+]([O-])c1ncccc1OCc1ccc(F)cc1. The quantitative estimate of drug-likeness (QED) is 0.616. The van der Waals surface area contributed by atoms with Gasteiger partial charge in [-0.15, -0.1) is 0 Å².